The first kappa shape index (κ1) is 13.2. The van der Waals surface area contributed by atoms with E-state index < -0.39 is 0 Å². The summed E-state index contributed by atoms with van der Waals surface area (Å²) in [6, 6.07) is 10.8. The van der Waals surface area contributed by atoms with Crippen LogP contribution in [-0.4, -0.2) is 12.1 Å². The van der Waals surface area contributed by atoms with Gasteiger partial charge in [-0.25, -0.2) is 0 Å². The summed E-state index contributed by atoms with van der Waals surface area (Å²) >= 11 is 0. The van der Waals surface area contributed by atoms with Gasteiger partial charge in [0.1, 0.15) is 0 Å². The van der Waals surface area contributed by atoms with Gasteiger partial charge >= 0.3 is 0 Å². The van der Waals surface area contributed by atoms with Crippen molar-refractivity contribution in [1.82, 2.24) is 5.32 Å². The van der Waals surface area contributed by atoms with Crippen molar-refractivity contribution < 1.29 is 0 Å². The number of benzene rings is 1. The fourth-order valence-electron chi connectivity index (χ4n) is 4.59. The molecular formula is C18H27N. The average molecular weight is 257 g/mol. The van der Waals surface area contributed by atoms with E-state index in [1.807, 2.05) is 0 Å². The number of hydrogen-bond donors (Lipinski definition) is 1. The molecule has 1 aromatic rings. The van der Waals surface area contributed by atoms with E-state index in [-0.39, 0.29) is 0 Å². The number of hydrogen-bond acceptors (Lipinski definition) is 1. The van der Waals surface area contributed by atoms with Crippen LogP contribution >= 0.6 is 0 Å². The molecule has 3 rings (SSSR count). The Balaban J connectivity index is 1.63. The zero-order valence-electron chi connectivity index (χ0n) is 12.6. The maximum absolute atomic E-state index is 3.93. The quantitative estimate of drug-likeness (QED) is 0.858. The minimum Gasteiger partial charge on any atom is -0.310 e. The van der Waals surface area contributed by atoms with Crippen molar-refractivity contribution in [2.24, 2.45) is 17.3 Å². The third-order valence-electron chi connectivity index (χ3n) is 6.36. The lowest BCUT2D eigenvalue weighted by atomic mass is 9.64. The van der Waals surface area contributed by atoms with E-state index in [2.05, 4.69) is 56.4 Å². The van der Waals surface area contributed by atoms with Gasteiger partial charge in [-0.2, -0.15) is 0 Å². The predicted molar refractivity (Wildman–Crippen MR) is 81.2 cm³/mol. The number of fused-ring (bicyclic) bond motifs is 2. The highest BCUT2D eigenvalue weighted by molar-refractivity contribution is 5.17. The first-order chi connectivity index (χ1) is 9.04. The molecule has 2 fully saturated rings. The smallest absolute Gasteiger partial charge is 0.0235 e. The Kier molecular flexibility index (Phi) is 3.21. The molecule has 0 saturated heterocycles. The normalized spacial score (nSPS) is 35.7. The molecule has 0 heterocycles. The molecule has 3 unspecified atom stereocenters. The highest BCUT2D eigenvalue weighted by Gasteiger charge is 2.59. The Labute approximate surface area is 117 Å². The van der Waals surface area contributed by atoms with E-state index in [4.69, 9.17) is 0 Å². The summed E-state index contributed by atoms with van der Waals surface area (Å²) in [7, 11) is 0. The van der Waals surface area contributed by atoms with Crippen LogP contribution in [-0.2, 0) is 6.42 Å². The van der Waals surface area contributed by atoms with Crippen LogP contribution in [0.1, 0.15) is 45.6 Å². The van der Waals surface area contributed by atoms with Gasteiger partial charge in [0.05, 0.1) is 0 Å². The summed E-state index contributed by atoms with van der Waals surface area (Å²) in [5.41, 5.74) is 2.23. The first-order valence-corrected chi connectivity index (χ1v) is 7.83. The van der Waals surface area contributed by atoms with Gasteiger partial charge in [0.2, 0.25) is 0 Å². The highest BCUT2D eigenvalue weighted by atomic mass is 15.0. The molecule has 0 radical (unpaired) electrons. The summed E-state index contributed by atoms with van der Waals surface area (Å²) in [4.78, 5) is 0. The van der Waals surface area contributed by atoms with Crippen LogP contribution in [0.4, 0.5) is 0 Å². The molecule has 19 heavy (non-hydrogen) atoms. The summed E-state index contributed by atoms with van der Waals surface area (Å²) in [6.45, 7) is 8.54. The van der Waals surface area contributed by atoms with Crippen molar-refractivity contribution in [1.29, 1.82) is 0 Å². The molecule has 0 aromatic heterocycles. The van der Waals surface area contributed by atoms with E-state index in [1.54, 1.807) is 0 Å². The Morgan fingerprint density at radius 1 is 1.05 bits per heavy atom. The van der Waals surface area contributed by atoms with Crippen LogP contribution in [0.2, 0.25) is 0 Å². The van der Waals surface area contributed by atoms with Crippen molar-refractivity contribution in [3.05, 3.63) is 35.9 Å². The zero-order chi connectivity index (χ0) is 13.5. The van der Waals surface area contributed by atoms with Gasteiger partial charge < -0.3 is 5.32 Å². The van der Waals surface area contributed by atoms with Crippen LogP contribution in [0.15, 0.2) is 30.3 Å². The minimum atomic E-state index is 0.338. The van der Waals surface area contributed by atoms with Crippen LogP contribution < -0.4 is 5.32 Å². The van der Waals surface area contributed by atoms with E-state index >= 15 is 0 Å². The van der Waals surface area contributed by atoms with E-state index in [1.165, 1.54) is 24.8 Å². The fourth-order valence-corrected chi connectivity index (χ4v) is 4.59. The van der Waals surface area contributed by atoms with Crippen molar-refractivity contribution in [3.8, 4) is 0 Å². The van der Waals surface area contributed by atoms with E-state index in [0.29, 0.717) is 11.0 Å². The van der Waals surface area contributed by atoms with Gasteiger partial charge in [-0.05, 0) is 62.0 Å². The molecule has 2 bridgehead atoms. The van der Waals surface area contributed by atoms with Crippen LogP contribution in [0.5, 0.6) is 0 Å². The lowest BCUT2D eigenvalue weighted by Gasteiger charge is -2.48. The van der Waals surface area contributed by atoms with Crippen molar-refractivity contribution in [3.63, 3.8) is 0 Å². The van der Waals surface area contributed by atoms with E-state index in [0.717, 1.165) is 24.8 Å². The maximum atomic E-state index is 3.93. The molecule has 2 saturated carbocycles. The number of rotatable bonds is 4. The summed E-state index contributed by atoms with van der Waals surface area (Å²) in [5.74, 6) is 1.83. The molecule has 3 atom stereocenters. The predicted octanol–water partition coefficient (Wildman–Crippen LogP) is 4.03. The monoisotopic (exact) mass is 257 g/mol. The van der Waals surface area contributed by atoms with Crippen molar-refractivity contribution >= 4 is 0 Å². The molecule has 1 nitrogen and oxygen atoms in total. The van der Waals surface area contributed by atoms with Gasteiger partial charge in [-0.3, -0.25) is 0 Å². The van der Waals surface area contributed by atoms with Crippen LogP contribution in [0.25, 0.3) is 0 Å². The van der Waals surface area contributed by atoms with Gasteiger partial charge in [-0.1, -0.05) is 44.2 Å². The molecular weight excluding hydrogens is 230 g/mol. The van der Waals surface area contributed by atoms with Gasteiger partial charge in [0.15, 0.2) is 0 Å². The molecule has 2 aliphatic carbocycles. The molecule has 1 N–H and O–H groups in total. The second-order valence-electron chi connectivity index (χ2n) is 7.29. The molecule has 1 heteroatoms. The molecule has 104 valence electrons. The molecule has 1 aromatic carbocycles. The molecule has 0 spiro atoms. The Morgan fingerprint density at radius 2 is 1.74 bits per heavy atom. The lowest BCUT2D eigenvalue weighted by Crippen LogP contribution is -2.57. The second-order valence-corrected chi connectivity index (χ2v) is 7.29. The minimum absolute atomic E-state index is 0.338. The van der Waals surface area contributed by atoms with Crippen LogP contribution in [0, 0.1) is 17.3 Å². The molecule has 0 aliphatic heterocycles. The Hall–Kier alpha value is -0.820. The largest absolute Gasteiger partial charge is 0.310 e. The number of nitrogens with one attached hydrogen (secondary N) is 1. The lowest BCUT2D eigenvalue weighted by molar-refractivity contribution is 0.0666. The van der Waals surface area contributed by atoms with Gasteiger partial charge in [0, 0.05) is 5.54 Å². The highest BCUT2D eigenvalue weighted by Crippen LogP contribution is 2.61. The average Bonchev–Trinajstić information content (AvgIpc) is 2.95. The molecule has 2 aliphatic rings. The topological polar surface area (TPSA) is 12.0 Å². The van der Waals surface area contributed by atoms with Gasteiger partial charge in [-0.15, -0.1) is 0 Å². The Bertz CT molecular complexity index is 436. The van der Waals surface area contributed by atoms with Crippen LogP contribution in [0.3, 0.4) is 0 Å². The summed E-state index contributed by atoms with van der Waals surface area (Å²) in [5, 5.41) is 3.93. The fraction of sp³-hybridized carbons (Fsp3) is 0.667. The third-order valence-corrected chi connectivity index (χ3v) is 6.36. The third kappa shape index (κ3) is 2.03. The summed E-state index contributed by atoms with van der Waals surface area (Å²) < 4.78 is 0. The second kappa shape index (κ2) is 4.63. The molecule has 0 amide bonds. The zero-order valence-corrected chi connectivity index (χ0v) is 12.6. The van der Waals surface area contributed by atoms with Crippen molar-refractivity contribution in [2.45, 2.75) is 52.0 Å². The van der Waals surface area contributed by atoms with Crippen molar-refractivity contribution in [2.75, 3.05) is 6.54 Å². The first-order valence-electron chi connectivity index (χ1n) is 7.83. The summed E-state index contributed by atoms with van der Waals surface area (Å²) in [6.07, 6.45) is 5.47. The maximum Gasteiger partial charge on any atom is 0.0235 e. The van der Waals surface area contributed by atoms with E-state index in [9.17, 15) is 0 Å². The standard InChI is InChI=1S/C18H27N/c1-17(2)15-9-10-16(13-15)18(17,3)19-12-11-14-7-5-4-6-8-14/h4-8,15-16,19H,9-13H2,1-3H3. The SMILES string of the molecule is CC1(C)C2CCC(C2)C1(C)NCCc1ccccc1. The Morgan fingerprint density at radius 3 is 2.37 bits per heavy atom. The van der Waals surface area contributed by atoms with Gasteiger partial charge in [0.25, 0.3) is 0 Å².